The lowest BCUT2D eigenvalue weighted by Crippen LogP contribution is -1.75. The largest absolute Gasteiger partial charge is 0.103 e. The summed E-state index contributed by atoms with van der Waals surface area (Å²) in [5.41, 5.74) is 0. The minimum atomic E-state index is 0.972. The van der Waals surface area contributed by atoms with Crippen LogP contribution in [0.3, 0.4) is 0 Å². The Bertz CT molecular complexity index is 103. The summed E-state index contributed by atoms with van der Waals surface area (Å²) in [6, 6.07) is 0. The first kappa shape index (κ1) is 9.56. The summed E-state index contributed by atoms with van der Waals surface area (Å²) in [5, 5.41) is 0. The third-order valence-corrected chi connectivity index (χ3v) is 1.51. The Morgan fingerprint density at radius 2 is 1.80 bits per heavy atom. The van der Waals surface area contributed by atoms with Gasteiger partial charge >= 0.3 is 0 Å². The van der Waals surface area contributed by atoms with E-state index in [-0.39, 0.29) is 0 Å². The second-order valence-electron chi connectivity index (χ2n) is 2.49. The van der Waals surface area contributed by atoms with E-state index in [4.69, 9.17) is 6.92 Å². The molecule has 0 unspecified atom stereocenters. The maximum Gasteiger partial charge on any atom is 0.0503 e. The molecule has 0 aromatic heterocycles. The topological polar surface area (TPSA) is 0 Å². The highest BCUT2D eigenvalue weighted by Crippen LogP contribution is 2.03. The SMILES string of the molecule is [CH]C#CCCCCCCC. The van der Waals surface area contributed by atoms with Crippen LogP contribution in [0.25, 0.3) is 0 Å². The van der Waals surface area contributed by atoms with Gasteiger partial charge in [0.05, 0.1) is 6.92 Å². The zero-order chi connectivity index (χ0) is 7.66. The second-order valence-corrected chi connectivity index (χ2v) is 2.49. The zero-order valence-electron chi connectivity index (χ0n) is 6.82. The van der Waals surface area contributed by atoms with Crippen LogP contribution in [-0.4, -0.2) is 0 Å². The van der Waals surface area contributed by atoms with Gasteiger partial charge < -0.3 is 0 Å². The summed E-state index contributed by atoms with van der Waals surface area (Å²) in [6.45, 7) is 7.23. The average Bonchev–Trinajstić information content (AvgIpc) is 1.97. The van der Waals surface area contributed by atoms with Gasteiger partial charge in [-0.05, 0) is 6.42 Å². The van der Waals surface area contributed by atoms with Crippen molar-refractivity contribution >= 4 is 0 Å². The molecule has 0 aromatic carbocycles. The van der Waals surface area contributed by atoms with Gasteiger partial charge in [-0.3, -0.25) is 0 Å². The molecule has 0 saturated heterocycles. The Hall–Kier alpha value is -0.440. The first-order valence-corrected chi connectivity index (χ1v) is 4.10. The van der Waals surface area contributed by atoms with E-state index in [0.717, 1.165) is 6.42 Å². The predicted molar refractivity (Wildman–Crippen MR) is 45.5 cm³/mol. The van der Waals surface area contributed by atoms with Crippen molar-refractivity contribution in [3.63, 3.8) is 0 Å². The molecule has 0 nitrogen and oxygen atoms in total. The van der Waals surface area contributed by atoms with Gasteiger partial charge in [0, 0.05) is 6.42 Å². The highest BCUT2D eigenvalue weighted by Gasteiger charge is 1.85. The van der Waals surface area contributed by atoms with Crippen LogP contribution < -0.4 is 0 Å². The molecular formula is C10H16. The molecule has 0 saturated carbocycles. The van der Waals surface area contributed by atoms with Crippen LogP contribution in [0.4, 0.5) is 0 Å². The zero-order valence-corrected chi connectivity index (χ0v) is 6.82. The summed E-state index contributed by atoms with van der Waals surface area (Å²) in [7, 11) is 0. The molecule has 0 N–H and O–H groups in total. The van der Waals surface area contributed by atoms with Gasteiger partial charge in [0.15, 0.2) is 0 Å². The lowest BCUT2D eigenvalue weighted by Gasteiger charge is -1.93. The minimum Gasteiger partial charge on any atom is -0.103 e. The molecule has 2 radical (unpaired) electrons. The summed E-state index contributed by atoms with van der Waals surface area (Å²) in [4.78, 5) is 0. The van der Waals surface area contributed by atoms with Crippen molar-refractivity contribution in [1.29, 1.82) is 0 Å². The Kier molecular flexibility index (Phi) is 8.18. The average molecular weight is 136 g/mol. The van der Waals surface area contributed by atoms with Gasteiger partial charge in [0.1, 0.15) is 0 Å². The van der Waals surface area contributed by atoms with E-state index in [1.165, 1.54) is 32.1 Å². The van der Waals surface area contributed by atoms with E-state index in [1.54, 1.807) is 0 Å². The van der Waals surface area contributed by atoms with Crippen LogP contribution in [-0.2, 0) is 0 Å². The predicted octanol–water partition coefficient (Wildman–Crippen LogP) is 3.06. The molecule has 0 aliphatic carbocycles. The number of unbranched alkanes of at least 4 members (excludes halogenated alkanes) is 5. The molecule has 0 amide bonds. The van der Waals surface area contributed by atoms with Crippen molar-refractivity contribution in [3.05, 3.63) is 6.92 Å². The van der Waals surface area contributed by atoms with Gasteiger partial charge in [-0.15, -0.1) is 5.92 Å². The Morgan fingerprint density at radius 3 is 2.40 bits per heavy atom. The van der Waals surface area contributed by atoms with Crippen molar-refractivity contribution in [2.75, 3.05) is 0 Å². The number of hydrogen-bond acceptors (Lipinski definition) is 0. The molecule has 0 heteroatoms. The fourth-order valence-electron chi connectivity index (χ4n) is 0.889. The highest BCUT2D eigenvalue weighted by molar-refractivity contribution is 5.00. The van der Waals surface area contributed by atoms with Gasteiger partial charge in [0.25, 0.3) is 0 Å². The van der Waals surface area contributed by atoms with E-state index >= 15 is 0 Å². The van der Waals surface area contributed by atoms with Crippen molar-refractivity contribution in [3.8, 4) is 11.8 Å². The lowest BCUT2D eigenvalue weighted by molar-refractivity contribution is 0.641. The smallest absolute Gasteiger partial charge is 0.0503 e. The summed E-state index contributed by atoms with van der Waals surface area (Å²) < 4.78 is 0. The third kappa shape index (κ3) is 7.56. The van der Waals surface area contributed by atoms with Crippen LogP contribution in [0.2, 0.25) is 0 Å². The van der Waals surface area contributed by atoms with Crippen LogP contribution in [0.5, 0.6) is 0 Å². The summed E-state index contributed by atoms with van der Waals surface area (Å²) >= 11 is 0. The number of rotatable bonds is 5. The maximum absolute atomic E-state index is 5.01. The first-order valence-electron chi connectivity index (χ1n) is 4.10. The van der Waals surface area contributed by atoms with Crippen molar-refractivity contribution in [1.82, 2.24) is 0 Å². The van der Waals surface area contributed by atoms with Crippen LogP contribution in [0.1, 0.15) is 45.4 Å². The lowest BCUT2D eigenvalue weighted by atomic mass is 10.1. The van der Waals surface area contributed by atoms with E-state index in [0.29, 0.717) is 0 Å². The van der Waals surface area contributed by atoms with Gasteiger partial charge in [-0.2, -0.15) is 0 Å². The van der Waals surface area contributed by atoms with E-state index in [9.17, 15) is 0 Å². The molecule has 0 aliphatic rings. The molecule has 10 heavy (non-hydrogen) atoms. The van der Waals surface area contributed by atoms with Crippen molar-refractivity contribution in [2.24, 2.45) is 0 Å². The van der Waals surface area contributed by atoms with Gasteiger partial charge in [-0.1, -0.05) is 38.5 Å². The molecule has 0 atom stereocenters. The standard InChI is InChI=1S/C10H16/c1-3-5-7-9-10-8-6-4-2/h1H,4,6-10H2,2H3. The van der Waals surface area contributed by atoms with Crippen LogP contribution in [0.15, 0.2) is 0 Å². The molecule has 0 fully saturated rings. The van der Waals surface area contributed by atoms with Crippen LogP contribution >= 0.6 is 0 Å². The van der Waals surface area contributed by atoms with Crippen molar-refractivity contribution < 1.29 is 0 Å². The van der Waals surface area contributed by atoms with E-state index in [2.05, 4.69) is 18.8 Å². The maximum atomic E-state index is 5.01. The molecule has 56 valence electrons. The quantitative estimate of drug-likeness (QED) is 0.402. The summed E-state index contributed by atoms with van der Waals surface area (Å²) in [5.74, 6) is 5.26. The fourth-order valence-corrected chi connectivity index (χ4v) is 0.889. The van der Waals surface area contributed by atoms with Gasteiger partial charge in [-0.25, -0.2) is 0 Å². The Morgan fingerprint density at radius 1 is 1.10 bits per heavy atom. The molecule has 0 aliphatic heterocycles. The minimum absolute atomic E-state index is 0.972. The van der Waals surface area contributed by atoms with E-state index < -0.39 is 0 Å². The van der Waals surface area contributed by atoms with Crippen molar-refractivity contribution in [2.45, 2.75) is 45.4 Å². The second kappa shape index (κ2) is 8.56. The normalized spacial score (nSPS) is 8.60. The molecular weight excluding hydrogens is 120 g/mol. The first-order chi connectivity index (χ1) is 4.91. The Labute approximate surface area is 65.0 Å². The number of hydrogen-bond donors (Lipinski definition) is 0. The van der Waals surface area contributed by atoms with E-state index in [1.807, 2.05) is 0 Å². The third-order valence-electron chi connectivity index (χ3n) is 1.51. The molecule has 0 bridgehead atoms. The Balaban J connectivity index is 2.82. The molecule has 0 spiro atoms. The molecule has 0 aromatic rings. The fraction of sp³-hybridized carbons (Fsp3) is 0.700. The molecule has 0 heterocycles. The monoisotopic (exact) mass is 136 g/mol. The molecule has 0 rings (SSSR count). The summed E-state index contributed by atoms with van der Waals surface area (Å²) in [6.07, 6.45) is 7.51. The highest BCUT2D eigenvalue weighted by atomic mass is 13.9. The van der Waals surface area contributed by atoms with Crippen LogP contribution in [0, 0.1) is 18.8 Å². The van der Waals surface area contributed by atoms with Gasteiger partial charge in [0.2, 0.25) is 0 Å².